The van der Waals surface area contributed by atoms with Crippen molar-refractivity contribution in [1.29, 1.82) is 0 Å². The fourth-order valence-corrected chi connectivity index (χ4v) is 2.99. The van der Waals surface area contributed by atoms with Gasteiger partial charge in [0.05, 0.1) is 0 Å². The van der Waals surface area contributed by atoms with E-state index in [0.717, 1.165) is 31.5 Å². The molecule has 20 heavy (non-hydrogen) atoms. The maximum Gasteiger partial charge on any atom is 0.329 e. The van der Waals surface area contributed by atoms with Gasteiger partial charge in [0.25, 0.3) is 0 Å². The number of likely N-dealkylation sites (N-methyl/N-ethyl adjacent to an activating group) is 1. The molecule has 2 N–H and O–H groups in total. The van der Waals surface area contributed by atoms with Crippen molar-refractivity contribution in [2.24, 2.45) is 0 Å². The molecule has 0 aliphatic carbocycles. The highest BCUT2D eigenvalue weighted by Gasteiger charge is 2.41. The van der Waals surface area contributed by atoms with E-state index in [4.69, 9.17) is 0 Å². The third-order valence-electron chi connectivity index (χ3n) is 4.02. The molecular weight excluding hydrogens is 252 g/mol. The van der Waals surface area contributed by atoms with Crippen LogP contribution in [0.1, 0.15) is 31.7 Å². The van der Waals surface area contributed by atoms with Crippen molar-refractivity contribution in [2.75, 3.05) is 26.2 Å². The number of hydrogen-bond donors (Lipinski definition) is 2. The number of benzene rings is 1. The smallest absolute Gasteiger partial charge is 0.329 e. The Bertz CT molecular complexity index is 429. The van der Waals surface area contributed by atoms with E-state index >= 15 is 0 Å². The van der Waals surface area contributed by atoms with Crippen LogP contribution in [-0.2, 0) is 10.3 Å². The van der Waals surface area contributed by atoms with Gasteiger partial charge in [-0.3, -0.25) is 5.32 Å². The van der Waals surface area contributed by atoms with Crippen LogP contribution in [0.2, 0.25) is 0 Å². The van der Waals surface area contributed by atoms with Gasteiger partial charge in [-0.2, -0.15) is 0 Å². The fourth-order valence-electron chi connectivity index (χ4n) is 2.99. The van der Waals surface area contributed by atoms with Gasteiger partial charge < -0.3 is 10.0 Å². The molecule has 1 aromatic rings. The normalized spacial score (nSPS) is 19.4. The second kappa shape index (κ2) is 6.86. The van der Waals surface area contributed by atoms with Crippen LogP contribution in [0, 0.1) is 0 Å². The van der Waals surface area contributed by atoms with Crippen LogP contribution in [0.3, 0.4) is 0 Å². The third kappa shape index (κ3) is 3.19. The topological polar surface area (TPSA) is 52.6 Å². The van der Waals surface area contributed by atoms with E-state index in [-0.39, 0.29) is 0 Å². The number of likely N-dealkylation sites (tertiary alicyclic amines) is 1. The molecule has 1 heterocycles. The lowest BCUT2D eigenvalue weighted by Crippen LogP contribution is -2.57. The number of rotatable bonds is 6. The van der Waals surface area contributed by atoms with Gasteiger partial charge in [0.2, 0.25) is 0 Å². The zero-order valence-corrected chi connectivity index (χ0v) is 12.1. The molecule has 4 nitrogen and oxygen atoms in total. The summed E-state index contributed by atoms with van der Waals surface area (Å²) in [5.74, 6) is -0.795. The predicted molar refractivity (Wildman–Crippen MR) is 79.7 cm³/mol. The molecule has 1 aliphatic rings. The molecule has 1 fully saturated rings. The summed E-state index contributed by atoms with van der Waals surface area (Å²) in [6, 6.07) is 9.53. The van der Waals surface area contributed by atoms with Crippen LogP contribution in [0.4, 0.5) is 0 Å². The Balaban J connectivity index is 2.29. The Hall–Kier alpha value is -1.39. The van der Waals surface area contributed by atoms with E-state index in [1.807, 2.05) is 37.3 Å². The lowest BCUT2D eigenvalue weighted by molar-refractivity contribution is -0.146. The quantitative estimate of drug-likeness (QED) is 0.835. The van der Waals surface area contributed by atoms with Gasteiger partial charge in [0.15, 0.2) is 5.54 Å². The molecule has 0 bridgehead atoms. The summed E-state index contributed by atoms with van der Waals surface area (Å²) < 4.78 is 0. The molecular formula is C16H24N2O2. The first-order chi connectivity index (χ1) is 9.69. The number of nitrogens with zero attached hydrogens (tertiary/aromatic N) is 1. The van der Waals surface area contributed by atoms with E-state index in [0.29, 0.717) is 13.1 Å². The van der Waals surface area contributed by atoms with E-state index in [1.165, 1.54) is 6.42 Å². The van der Waals surface area contributed by atoms with Crippen molar-refractivity contribution in [3.8, 4) is 0 Å². The molecule has 110 valence electrons. The predicted octanol–water partition coefficient (Wildman–Crippen LogP) is 2.06. The maximum atomic E-state index is 12.0. The standard InChI is InChI=1S/C16H24N2O2/c1-2-17-16(15(19)20,14-9-5-3-6-10-14)13-18-11-7-4-8-12-18/h3,5-6,9-10,17H,2,4,7-8,11-13H2,1H3,(H,19,20). The van der Waals surface area contributed by atoms with Crippen LogP contribution in [0.5, 0.6) is 0 Å². The van der Waals surface area contributed by atoms with Crippen LogP contribution in [0.15, 0.2) is 30.3 Å². The second-order valence-corrected chi connectivity index (χ2v) is 5.44. The average molecular weight is 276 g/mol. The summed E-state index contributed by atoms with van der Waals surface area (Å²) in [5, 5.41) is 13.1. The number of carbonyl (C=O) groups is 1. The largest absolute Gasteiger partial charge is 0.480 e. The van der Waals surface area contributed by atoms with Gasteiger partial charge >= 0.3 is 5.97 Å². The minimum Gasteiger partial charge on any atom is -0.480 e. The molecule has 0 aromatic heterocycles. The van der Waals surface area contributed by atoms with E-state index in [2.05, 4.69) is 10.2 Å². The highest BCUT2D eigenvalue weighted by molar-refractivity contribution is 5.81. The SMILES string of the molecule is CCNC(CN1CCCCC1)(C(=O)O)c1ccccc1. The van der Waals surface area contributed by atoms with E-state index in [1.54, 1.807) is 0 Å². The molecule has 1 unspecified atom stereocenters. The van der Waals surface area contributed by atoms with E-state index < -0.39 is 11.5 Å². The van der Waals surface area contributed by atoms with Gasteiger partial charge in [-0.05, 0) is 38.0 Å². The summed E-state index contributed by atoms with van der Waals surface area (Å²) in [7, 11) is 0. The molecule has 4 heteroatoms. The minimum atomic E-state index is -1.01. The first-order valence-corrected chi connectivity index (χ1v) is 7.45. The highest BCUT2D eigenvalue weighted by atomic mass is 16.4. The van der Waals surface area contributed by atoms with Crippen LogP contribution < -0.4 is 5.32 Å². The molecule has 0 radical (unpaired) electrons. The summed E-state index contributed by atoms with van der Waals surface area (Å²) >= 11 is 0. The van der Waals surface area contributed by atoms with Crippen molar-refractivity contribution in [1.82, 2.24) is 10.2 Å². The van der Waals surface area contributed by atoms with Crippen molar-refractivity contribution < 1.29 is 9.90 Å². The Morgan fingerprint density at radius 2 is 1.90 bits per heavy atom. The molecule has 1 aliphatic heterocycles. The van der Waals surface area contributed by atoms with Gasteiger partial charge in [0.1, 0.15) is 0 Å². The zero-order valence-electron chi connectivity index (χ0n) is 12.1. The van der Waals surface area contributed by atoms with Crippen LogP contribution in [0.25, 0.3) is 0 Å². The minimum absolute atomic E-state index is 0.528. The number of aliphatic carboxylic acids is 1. The monoisotopic (exact) mass is 276 g/mol. The summed E-state index contributed by atoms with van der Waals surface area (Å²) in [6.07, 6.45) is 3.58. The first-order valence-electron chi connectivity index (χ1n) is 7.45. The summed E-state index contributed by atoms with van der Waals surface area (Å²) in [6.45, 7) is 5.10. The van der Waals surface area contributed by atoms with Crippen molar-refractivity contribution in [3.63, 3.8) is 0 Å². The van der Waals surface area contributed by atoms with Gasteiger partial charge in [-0.15, -0.1) is 0 Å². The number of hydrogen-bond acceptors (Lipinski definition) is 3. The second-order valence-electron chi connectivity index (χ2n) is 5.44. The van der Waals surface area contributed by atoms with E-state index in [9.17, 15) is 9.90 Å². The highest BCUT2D eigenvalue weighted by Crippen LogP contribution is 2.25. The summed E-state index contributed by atoms with van der Waals surface area (Å²) in [4.78, 5) is 14.3. The van der Waals surface area contributed by atoms with Crippen LogP contribution >= 0.6 is 0 Å². The molecule has 0 spiro atoms. The maximum absolute atomic E-state index is 12.0. The van der Waals surface area contributed by atoms with Crippen molar-refractivity contribution in [3.05, 3.63) is 35.9 Å². The van der Waals surface area contributed by atoms with Crippen LogP contribution in [-0.4, -0.2) is 42.2 Å². The third-order valence-corrected chi connectivity index (χ3v) is 4.02. The first kappa shape index (κ1) is 15.0. The average Bonchev–Trinajstić information content (AvgIpc) is 2.48. The van der Waals surface area contributed by atoms with Crippen molar-refractivity contribution >= 4 is 5.97 Å². The number of piperidine rings is 1. The fraction of sp³-hybridized carbons (Fsp3) is 0.562. The van der Waals surface area contributed by atoms with Gasteiger partial charge in [-0.1, -0.05) is 43.7 Å². The van der Waals surface area contributed by atoms with Gasteiger partial charge in [0, 0.05) is 6.54 Å². The Morgan fingerprint density at radius 3 is 2.45 bits per heavy atom. The lowest BCUT2D eigenvalue weighted by Gasteiger charge is -2.37. The zero-order chi connectivity index (χ0) is 14.4. The molecule has 1 atom stereocenters. The summed E-state index contributed by atoms with van der Waals surface area (Å²) in [5.41, 5.74) is -0.173. The van der Waals surface area contributed by atoms with Crippen molar-refractivity contribution in [2.45, 2.75) is 31.7 Å². The molecule has 1 saturated heterocycles. The Morgan fingerprint density at radius 1 is 1.25 bits per heavy atom. The number of carboxylic acids is 1. The number of nitrogens with one attached hydrogen (secondary N) is 1. The Labute approximate surface area is 120 Å². The molecule has 0 amide bonds. The molecule has 0 saturated carbocycles. The Kier molecular flexibility index (Phi) is 5.15. The van der Waals surface area contributed by atoms with Gasteiger partial charge in [-0.25, -0.2) is 4.79 Å². The molecule has 2 rings (SSSR count). The number of carboxylic acid groups (broad SMARTS) is 1. The molecule has 1 aromatic carbocycles. The lowest BCUT2D eigenvalue weighted by atomic mass is 9.88.